The highest BCUT2D eigenvalue weighted by Crippen LogP contribution is 2.25. The Bertz CT molecular complexity index is 365. The minimum absolute atomic E-state index is 0.719. The molecule has 2 rings (SSSR count). The third-order valence-electron chi connectivity index (χ3n) is 3.41. The standard InChI is InChI=1S/C15H23BrN2O/c1-2-18(14-5-6-14)11-9-17-10-12-19-15-7-3-13(16)4-8-15/h3-4,7-8,14,17H,2,5-6,9-12H2,1H3. The van der Waals surface area contributed by atoms with E-state index in [0.717, 1.165) is 42.5 Å². The van der Waals surface area contributed by atoms with Gasteiger partial charge < -0.3 is 10.1 Å². The van der Waals surface area contributed by atoms with Crippen LogP contribution in [0.2, 0.25) is 0 Å². The molecule has 0 radical (unpaired) electrons. The van der Waals surface area contributed by atoms with Crippen molar-refractivity contribution in [2.75, 3.05) is 32.8 Å². The van der Waals surface area contributed by atoms with E-state index in [0.29, 0.717) is 0 Å². The topological polar surface area (TPSA) is 24.5 Å². The Morgan fingerprint density at radius 1 is 1.26 bits per heavy atom. The van der Waals surface area contributed by atoms with Gasteiger partial charge in [-0.2, -0.15) is 0 Å². The van der Waals surface area contributed by atoms with Crippen molar-refractivity contribution >= 4 is 15.9 Å². The number of halogens is 1. The maximum atomic E-state index is 5.66. The van der Waals surface area contributed by atoms with Gasteiger partial charge in [0.15, 0.2) is 0 Å². The van der Waals surface area contributed by atoms with Gasteiger partial charge in [0.2, 0.25) is 0 Å². The summed E-state index contributed by atoms with van der Waals surface area (Å²) in [5.74, 6) is 0.929. The van der Waals surface area contributed by atoms with Crippen LogP contribution in [0.25, 0.3) is 0 Å². The van der Waals surface area contributed by atoms with E-state index in [1.54, 1.807) is 0 Å². The second-order valence-electron chi connectivity index (χ2n) is 4.91. The van der Waals surface area contributed by atoms with Gasteiger partial charge in [0.1, 0.15) is 12.4 Å². The number of hydrogen-bond donors (Lipinski definition) is 1. The van der Waals surface area contributed by atoms with E-state index in [1.165, 1.54) is 19.4 Å². The summed E-state index contributed by atoms with van der Waals surface area (Å²) in [4.78, 5) is 2.56. The van der Waals surface area contributed by atoms with Gasteiger partial charge in [-0.05, 0) is 43.7 Å². The molecule has 0 unspecified atom stereocenters. The normalized spacial score (nSPS) is 14.9. The first-order chi connectivity index (χ1) is 9.29. The quantitative estimate of drug-likeness (QED) is 0.706. The van der Waals surface area contributed by atoms with Crippen molar-refractivity contribution in [1.82, 2.24) is 10.2 Å². The number of nitrogens with one attached hydrogen (secondary N) is 1. The summed E-state index contributed by atoms with van der Waals surface area (Å²) in [6, 6.07) is 8.83. The van der Waals surface area contributed by atoms with Crippen LogP contribution in [-0.4, -0.2) is 43.7 Å². The Balaban J connectivity index is 1.51. The Labute approximate surface area is 124 Å². The fourth-order valence-electron chi connectivity index (χ4n) is 2.16. The zero-order chi connectivity index (χ0) is 13.5. The average Bonchev–Trinajstić information content (AvgIpc) is 3.24. The Morgan fingerprint density at radius 3 is 2.63 bits per heavy atom. The number of rotatable bonds is 9. The van der Waals surface area contributed by atoms with Crippen LogP contribution in [0.3, 0.4) is 0 Å². The van der Waals surface area contributed by atoms with E-state index in [2.05, 4.69) is 33.1 Å². The SMILES string of the molecule is CCN(CCNCCOc1ccc(Br)cc1)C1CC1. The summed E-state index contributed by atoms with van der Waals surface area (Å²) < 4.78 is 6.74. The van der Waals surface area contributed by atoms with Gasteiger partial charge in [-0.3, -0.25) is 4.90 Å². The van der Waals surface area contributed by atoms with Crippen LogP contribution < -0.4 is 10.1 Å². The first-order valence-corrected chi connectivity index (χ1v) is 7.92. The molecule has 1 aromatic carbocycles. The Kier molecular flexibility index (Phi) is 6.14. The lowest BCUT2D eigenvalue weighted by molar-refractivity contribution is 0.268. The molecular weight excluding hydrogens is 304 g/mol. The van der Waals surface area contributed by atoms with Crippen LogP contribution in [-0.2, 0) is 0 Å². The highest BCUT2D eigenvalue weighted by atomic mass is 79.9. The van der Waals surface area contributed by atoms with Gasteiger partial charge in [-0.15, -0.1) is 0 Å². The third kappa shape index (κ3) is 5.51. The molecule has 0 atom stereocenters. The molecular formula is C15H23BrN2O. The summed E-state index contributed by atoms with van der Waals surface area (Å²) in [7, 11) is 0. The molecule has 0 bridgehead atoms. The molecule has 0 heterocycles. The van der Waals surface area contributed by atoms with Crippen LogP contribution in [0.1, 0.15) is 19.8 Å². The number of hydrogen-bond acceptors (Lipinski definition) is 3. The monoisotopic (exact) mass is 326 g/mol. The average molecular weight is 327 g/mol. The zero-order valence-corrected chi connectivity index (χ0v) is 13.2. The van der Waals surface area contributed by atoms with E-state index in [9.17, 15) is 0 Å². The molecule has 19 heavy (non-hydrogen) atoms. The van der Waals surface area contributed by atoms with E-state index < -0.39 is 0 Å². The molecule has 0 aliphatic heterocycles. The molecule has 1 aromatic rings. The summed E-state index contributed by atoms with van der Waals surface area (Å²) >= 11 is 3.41. The fourth-order valence-corrected chi connectivity index (χ4v) is 2.42. The molecule has 1 fully saturated rings. The number of benzene rings is 1. The minimum atomic E-state index is 0.719. The highest BCUT2D eigenvalue weighted by Gasteiger charge is 2.26. The van der Waals surface area contributed by atoms with Gasteiger partial charge in [0.25, 0.3) is 0 Å². The first kappa shape index (κ1) is 14.8. The van der Waals surface area contributed by atoms with Crippen LogP contribution in [0.4, 0.5) is 0 Å². The largest absolute Gasteiger partial charge is 0.492 e. The lowest BCUT2D eigenvalue weighted by Gasteiger charge is -2.19. The first-order valence-electron chi connectivity index (χ1n) is 7.12. The third-order valence-corrected chi connectivity index (χ3v) is 3.94. The van der Waals surface area contributed by atoms with Crippen molar-refractivity contribution in [3.05, 3.63) is 28.7 Å². The van der Waals surface area contributed by atoms with Crippen molar-refractivity contribution in [2.24, 2.45) is 0 Å². The molecule has 0 spiro atoms. The molecule has 3 nitrogen and oxygen atoms in total. The lowest BCUT2D eigenvalue weighted by Crippen LogP contribution is -2.34. The smallest absolute Gasteiger partial charge is 0.119 e. The summed E-state index contributed by atoms with van der Waals surface area (Å²) in [6.45, 7) is 7.24. The summed E-state index contributed by atoms with van der Waals surface area (Å²) in [5.41, 5.74) is 0. The lowest BCUT2D eigenvalue weighted by atomic mass is 10.3. The van der Waals surface area contributed by atoms with Crippen molar-refractivity contribution in [3.63, 3.8) is 0 Å². The van der Waals surface area contributed by atoms with E-state index in [1.807, 2.05) is 24.3 Å². The molecule has 0 amide bonds. The molecule has 1 aliphatic carbocycles. The predicted octanol–water partition coefficient (Wildman–Crippen LogP) is 2.90. The van der Waals surface area contributed by atoms with Crippen molar-refractivity contribution in [2.45, 2.75) is 25.8 Å². The van der Waals surface area contributed by atoms with E-state index >= 15 is 0 Å². The van der Waals surface area contributed by atoms with E-state index in [-0.39, 0.29) is 0 Å². The van der Waals surface area contributed by atoms with Crippen LogP contribution in [0, 0.1) is 0 Å². The van der Waals surface area contributed by atoms with Gasteiger partial charge >= 0.3 is 0 Å². The van der Waals surface area contributed by atoms with Gasteiger partial charge in [0, 0.05) is 30.1 Å². The summed E-state index contributed by atoms with van der Waals surface area (Å²) in [6.07, 6.45) is 2.78. The van der Waals surface area contributed by atoms with Crippen LogP contribution in [0.5, 0.6) is 5.75 Å². The molecule has 106 valence electrons. The minimum Gasteiger partial charge on any atom is -0.492 e. The van der Waals surface area contributed by atoms with Crippen LogP contribution in [0.15, 0.2) is 28.7 Å². The van der Waals surface area contributed by atoms with Crippen molar-refractivity contribution in [1.29, 1.82) is 0 Å². The molecule has 4 heteroatoms. The van der Waals surface area contributed by atoms with Gasteiger partial charge in [-0.1, -0.05) is 22.9 Å². The predicted molar refractivity (Wildman–Crippen MR) is 82.8 cm³/mol. The zero-order valence-electron chi connectivity index (χ0n) is 11.6. The number of nitrogens with zero attached hydrogens (tertiary/aromatic N) is 1. The van der Waals surface area contributed by atoms with Gasteiger partial charge in [0.05, 0.1) is 0 Å². The Morgan fingerprint density at radius 2 is 2.00 bits per heavy atom. The van der Waals surface area contributed by atoms with Gasteiger partial charge in [-0.25, -0.2) is 0 Å². The fraction of sp³-hybridized carbons (Fsp3) is 0.600. The molecule has 1 saturated carbocycles. The summed E-state index contributed by atoms with van der Waals surface area (Å²) in [5, 5.41) is 3.44. The Hall–Kier alpha value is -0.580. The maximum Gasteiger partial charge on any atom is 0.119 e. The molecule has 1 aliphatic rings. The number of likely N-dealkylation sites (N-methyl/N-ethyl adjacent to an activating group) is 1. The van der Waals surface area contributed by atoms with E-state index in [4.69, 9.17) is 4.74 Å². The van der Waals surface area contributed by atoms with Crippen molar-refractivity contribution < 1.29 is 4.74 Å². The van der Waals surface area contributed by atoms with Crippen molar-refractivity contribution in [3.8, 4) is 5.75 Å². The molecule has 0 saturated heterocycles. The van der Waals surface area contributed by atoms with Crippen LogP contribution >= 0.6 is 15.9 Å². The molecule has 0 aromatic heterocycles. The number of ether oxygens (including phenoxy) is 1. The highest BCUT2D eigenvalue weighted by molar-refractivity contribution is 9.10. The molecule has 1 N–H and O–H groups in total. The maximum absolute atomic E-state index is 5.66. The second kappa shape index (κ2) is 7.88. The second-order valence-corrected chi connectivity index (χ2v) is 5.83.